The molecule has 1 heterocycles. The van der Waals surface area contributed by atoms with Crippen molar-refractivity contribution in [3.05, 3.63) is 99.6 Å². The summed E-state index contributed by atoms with van der Waals surface area (Å²) in [4.78, 5) is 28.2. The quantitative estimate of drug-likeness (QED) is 0.454. The van der Waals surface area contributed by atoms with Gasteiger partial charge in [0.25, 0.3) is 0 Å². The van der Waals surface area contributed by atoms with E-state index in [0.29, 0.717) is 37.7 Å². The van der Waals surface area contributed by atoms with E-state index in [1.54, 1.807) is 6.07 Å². The largest absolute Gasteiger partial charge is 0.489 e. The summed E-state index contributed by atoms with van der Waals surface area (Å²) in [6.45, 7) is 5.89. The van der Waals surface area contributed by atoms with E-state index in [2.05, 4.69) is 4.90 Å². The Labute approximate surface area is 217 Å². The van der Waals surface area contributed by atoms with Gasteiger partial charge >= 0.3 is 5.97 Å². The zero-order chi connectivity index (χ0) is 25.5. The third-order valence-electron chi connectivity index (χ3n) is 6.38. The molecular formula is C29H31ClN2O4. The fraction of sp³-hybridized carbons (Fsp3) is 0.310. The Morgan fingerprint density at radius 2 is 1.50 bits per heavy atom. The van der Waals surface area contributed by atoms with Crippen LogP contribution >= 0.6 is 11.6 Å². The molecule has 188 valence electrons. The number of rotatable bonds is 9. The van der Waals surface area contributed by atoms with Crippen LogP contribution in [0.4, 0.5) is 0 Å². The lowest BCUT2D eigenvalue weighted by atomic mass is 10.1. The highest BCUT2D eigenvalue weighted by atomic mass is 35.5. The Morgan fingerprint density at radius 1 is 0.861 bits per heavy atom. The highest BCUT2D eigenvalue weighted by Gasteiger charge is 2.22. The zero-order valence-electron chi connectivity index (χ0n) is 20.5. The molecule has 1 fully saturated rings. The van der Waals surface area contributed by atoms with Crippen LogP contribution in [0.3, 0.4) is 0 Å². The van der Waals surface area contributed by atoms with Crippen LogP contribution in [-0.2, 0) is 35.6 Å². The van der Waals surface area contributed by atoms with Crippen molar-refractivity contribution in [3.8, 4) is 5.75 Å². The van der Waals surface area contributed by atoms with Crippen molar-refractivity contribution in [1.82, 2.24) is 9.80 Å². The molecule has 0 radical (unpaired) electrons. The number of ether oxygens (including phenoxy) is 1. The Hall–Kier alpha value is -3.35. The molecule has 3 aromatic carbocycles. The highest BCUT2D eigenvalue weighted by molar-refractivity contribution is 6.30. The van der Waals surface area contributed by atoms with Gasteiger partial charge in [-0.1, -0.05) is 65.7 Å². The first kappa shape index (κ1) is 25.7. The number of benzene rings is 3. The Morgan fingerprint density at radius 3 is 2.17 bits per heavy atom. The number of hydrogen-bond acceptors (Lipinski definition) is 4. The van der Waals surface area contributed by atoms with Crippen LogP contribution in [-0.4, -0.2) is 53.0 Å². The van der Waals surface area contributed by atoms with Crippen LogP contribution < -0.4 is 4.74 Å². The molecular weight excluding hydrogens is 476 g/mol. The molecule has 3 aromatic rings. The number of amides is 1. The fourth-order valence-electron chi connectivity index (χ4n) is 4.31. The summed E-state index contributed by atoms with van der Waals surface area (Å²) in [5.74, 6) is 0.0161. The lowest BCUT2D eigenvalue weighted by Gasteiger charge is -2.35. The maximum absolute atomic E-state index is 12.8. The second-order valence-electron chi connectivity index (χ2n) is 9.25. The molecule has 1 amide bonds. The van der Waals surface area contributed by atoms with E-state index in [-0.39, 0.29) is 12.3 Å². The molecule has 1 saturated heterocycles. The van der Waals surface area contributed by atoms with Gasteiger partial charge in [-0.2, -0.15) is 0 Å². The third-order valence-corrected chi connectivity index (χ3v) is 6.63. The van der Waals surface area contributed by atoms with Gasteiger partial charge in [0, 0.05) is 43.3 Å². The smallest absolute Gasteiger partial charge is 0.307 e. The minimum atomic E-state index is -0.864. The Bertz CT molecular complexity index is 1190. The van der Waals surface area contributed by atoms with Crippen LogP contribution in [0.1, 0.15) is 27.8 Å². The Kier molecular flexibility index (Phi) is 8.62. The molecule has 0 spiro atoms. The first-order valence-electron chi connectivity index (χ1n) is 12.1. The first-order valence-corrected chi connectivity index (χ1v) is 12.5. The molecule has 0 aliphatic carbocycles. The van der Waals surface area contributed by atoms with Crippen molar-refractivity contribution in [3.63, 3.8) is 0 Å². The number of carboxylic acid groups (broad SMARTS) is 1. The summed E-state index contributed by atoms with van der Waals surface area (Å²) in [6.07, 6.45) is 0.381. The van der Waals surface area contributed by atoms with Crippen LogP contribution in [0.15, 0.2) is 66.7 Å². The van der Waals surface area contributed by atoms with Gasteiger partial charge in [-0.3, -0.25) is 14.5 Å². The number of aliphatic carboxylic acids is 1. The van der Waals surface area contributed by atoms with Gasteiger partial charge in [0.15, 0.2) is 0 Å². The number of aryl methyl sites for hydroxylation is 1. The molecule has 4 rings (SSSR count). The second-order valence-corrected chi connectivity index (χ2v) is 9.68. The molecule has 36 heavy (non-hydrogen) atoms. The van der Waals surface area contributed by atoms with E-state index >= 15 is 0 Å². The van der Waals surface area contributed by atoms with Crippen molar-refractivity contribution >= 4 is 23.5 Å². The van der Waals surface area contributed by atoms with E-state index in [0.717, 1.165) is 41.1 Å². The van der Waals surface area contributed by atoms with Gasteiger partial charge in [-0.25, -0.2) is 0 Å². The lowest BCUT2D eigenvalue weighted by Crippen LogP contribution is -2.48. The molecule has 6 nitrogen and oxygen atoms in total. The summed E-state index contributed by atoms with van der Waals surface area (Å²) >= 11 is 5.98. The molecule has 7 heteroatoms. The van der Waals surface area contributed by atoms with Gasteiger partial charge in [-0.05, 0) is 41.8 Å². The maximum atomic E-state index is 12.8. The zero-order valence-corrected chi connectivity index (χ0v) is 21.2. The van der Waals surface area contributed by atoms with Crippen molar-refractivity contribution in [2.45, 2.75) is 32.9 Å². The van der Waals surface area contributed by atoms with E-state index in [9.17, 15) is 14.7 Å². The van der Waals surface area contributed by atoms with Crippen molar-refractivity contribution in [2.24, 2.45) is 0 Å². The molecule has 0 aromatic heterocycles. The normalized spacial score (nSPS) is 14.0. The van der Waals surface area contributed by atoms with Crippen molar-refractivity contribution in [2.75, 3.05) is 26.2 Å². The molecule has 0 unspecified atom stereocenters. The number of piperazine rings is 1. The summed E-state index contributed by atoms with van der Waals surface area (Å²) in [7, 11) is 0. The number of carbonyl (C=O) groups is 2. The molecule has 0 saturated carbocycles. The lowest BCUT2D eigenvalue weighted by molar-refractivity contribution is -0.136. The molecule has 1 aliphatic rings. The highest BCUT2D eigenvalue weighted by Crippen LogP contribution is 2.25. The van der Waals surface area contributed by atoms with Gasteiger partial charge in [0.2, 0.25) is 5.91 Å². The topological polar surface area (TPSA) is 70.1 Å². The average molecular weight is 507 g/mol. The number of carbonyl (C=O) groups excluding carboxylic acids is 1. The first-order chi connectivity index (χ1) is 17.4. The summed E-state index contributed by atoms with van der Waals surface area (Å²) in [5, 5.41) is 9.91. The number of carboxylic acids is 1. The molecule has 1 aliphatic heterocycles. The predicted octanol–water partition coefficient (Wildman–Crippen LogP) is 4.74. The van der Waals surface area contributed by atoms with E-state index in [4.69, 9.17) is 16.3 Å². The van der Waals surface area contributed by atoms with Crippen LogP contribution in [0.5, 0.6) is 5.75 Å². The monoisotopic (exact) mass is 506 g/mol. The average Bonchev–Trinajstić information content (AvgIpc) is 2.86. The molecule has 0 bridgehead atoms. The minimum Gasteiger partial charge on any atom is -0.489 e. The van der Waals surface area contributed by atoms with Crippen LogP contribution in [0, 0.1) is 6.92 Å². The van der Waals surface area contributed by atoms with Gasteiger partial charge in [-0.15, -0.1) is 0 Å². The summed E-state index contributed by atoms with van der Waals surface area (Å²) in [6, 6.07) is 21.2. The van der Waals surface area contributed by atoms with Gasteiger partial charge in [0.05, 0.1) is 12.8 Å². The molecule has 0 atom stereocenters. The maximum Gasteiger partial charge on any atom is 0.307 e. The van der Waals surface area contributed by atoms with E-state index < -0.39 is 5.97 Å². The van der Waals surface area contributed by atoms with Crippen LogP contribution in [0.2, 0.25) is 5.02 Å². The standard InChI is InChI=1S/C29H31ClN2O4/c1-21-2-4-22(5-3-21)17-28(33)32-14-12-31(13-15-32)19-25-16-24(18-29(34)35)8-11-27(25)36-20-23-6-9-26(30)10-7-23/h2-11,16H,12-15,17-20H2,1H3,(H,34,35). The molecule has 1 N–H and O–H groups in total. The van der Waals surface area contributed by atoms with Gasteiger partial charge < -0.3 is 14.7 Å². The summed E-state index contributed by atoms with van der Waals surface area (Å²) < 4.78 is 6.12. The van der Waals surface area contributed by atoms with Crippen molar-refractivity contribution in [1.29, 1.82) is 0 Å². The van der Waals surface area contributed by atoms with Gasteiger partial charge in [0.1, 0.15) is 12.4 Å². The van der Waals surface area contributed by atoms with Crippen LogP contribution in [0.25, 0.3) is 0 Å². The van der Waals surface area contributed by atoms with E-state index in [1.165, 1.54) is 5.56 Å². The fourth-order valence-corrected chi connectivity index (χ4v) is 4.44. The number of hydrogen-bond donors (Lipinski definition) is 1. The summed E-state index contributed by atoms with van der Waals surface area (Å²) in [5.41, 5.74) is 4.90. The Balaban J connectivity index is 1.38. The number of nitrogens with zero attached hydrogens (tertiary/aromatic N) is 2. The number of halogens is 1. The van der Waals surface area contributed by atoms with E-state index in [1.807, 2.05) is 72.5 Å². The minimum absolute atomic E-state index is 0.0360. The van der Waals surface area contributed by atoms with Crippen molar-refractivity contribution < 1.29 is 19.4 Å². The SMILES string of the molecule is Cc1ccc(CC(=O)N2CCN(Cc3cc(CC(=O)O)ccc3OCc3ccc(Cl)cc3)CC2)cc1. The third kappa shape index (κ3) is 7.33. The second kappa shape index (κ2) is 12.1. The predicted molar refractivity (Wildman–Crippen MR) is 140 cm³/mol.